The van der Waals surface area contributed by atoms with Crippen molar-refractivity contribution < 1.29 is 4.74 Å². The first-order valence-electron chi connectivity index (χ1n) is 2.48. The van der Waals surface area contributed by atoms with Crippen LogP contribution in [0.4, 0.5) is 0 Å². The average Bonchev–Trinajstić information content (AvgIpc) is 1.68. The van der Waals surface area contributed by atoms with Crippen molar-refractivity contribution in [3.8, 4) is 0 Å². The van der Waals surface area contributed by atoms with E-state index in [0.717, 1.165) is 0 Å². The summed E-state index contributed by atoms with van der Waals surface area (Å²) in [6.45, 7) is 6.03. The number of rotatable bonds is 2. The monoisotopic (exact) mass is 101 g/mol. The van der Waals surface area contributed by atoms with Crippen LogP contribution in [0.1, 0.15) is 20.8 Å². The van der Waals surface area contributed by atoms with Crippen LogP contribution in [0.15, 0.2) is 0 Å². The van der Waals surface area contributed by atoms with Crippen molar-refractivity contribution in [3.63, 3.8) is 0 Å². The van der Waals surface area contributed by atoms with E-state index in [4.69, 9.17) is 4.74 Å². The Morgan fingerprint density at radius 1 is 1.43 bits per heavy atom. The van der Waals surface area contributed by atoms with E-state index >= 15 is 0 Å². The maximum atomic E-state index is 5.03. The van der Waals surface area contributed by atoms with E-state index < -0.39 is 0 Å². The lowest BCUT2D eigenvalue weighted by Gasteiger charge is -2.19. The van der Waals surface area contributed by atoms with Gasteiger partial charge in [0.15, 0.2) is 0 Å². The number of hydrogen-bond donors (Lipinski definition) is 0. The second-order valence-corrected chi connectivity index (χ2v) is 2.10. The molecule has 0 aromatic carbocycles. The summed E-state index contributed by atoms with van der Waals surface area (Å²) in [6, 6.07) is 0. The van der Waals surface area contributed by atoms with E-state index in [0.29, 0.717) is 0 Å². The largest absolute Gasteiger partial charge is 0.379 e. The minimum atomic E-state index is -0.0417. The summed E-state index contributed by atoms with van der Waals surface area (Å²) in [4.78, 5) is 0. The fourth-order valence-electron chi connectivity index (χ4n) is 0.118. The highest BCUT2D eigenvalue weighted by Crippen LogP contribution is 2.09. The maximum absolute atomic E-state index is 5.03. The Kier molecular flexibility index (Phi) is 2.30. The zero-order valence-electron chi connectivity index (χ0n) is 5.49. The Labute approximate surface area is 45.7 Å². The molecule has 0 N–H and O–H groups in total. The molecule has 0 aliphatic carbocycles. The molecule has 1 nitrogen and oxygen atoms in total. The molecule has 0 bridgehead atoms. The van der Waals surface area contributed by atoms with Gasteiger partial charge in [-0.1, -0.05) is 6.92 Å². The van der Waals surface area contributed by atoms with E-state index in [-0.39, 0.29) is 5.60 Å². The van der Waals surface area contributed by atoms with Crippen molar-refractivity contribution in [2.75, 3.05) is 7.11 Å². The van der Waals surface area contributed by atoms with Crippen LogP contribution in [0, 0.1) is 6.42 Å². The van der Waals surface area contributed by atoms with Crippen molar-refractivity contribution in [2.45, 2.75) is 26.4 Å². The minimum Gasteiger partial charge on any atom is -0.379 e. The van der Waals surface area contributed by atoms with E-state index in [2.05, 4.69) is 0 Å². The third-order valence-corrected chi connectivity index (χ3v) is 1.22. The van der Waals surface area contributed by atoms with Gasteiger partial charge in [-0.3, -0.25) is 0 Å². The molecule has 0 unspecified atom stereocenters. The first kappa shape index (κ1) is 6.96. The number of hydrogen-bond acceptors (Lipinski definition) is 1. The van der Waals surface area contributed by atoms with Crippen LogP contribution in [0.25, 0.3) is 0 Å². The van der Waals surface area contributed by atoms with Crippen LogP contribution < -0.4 is 0 Å². The van der Waals surface area contributed by atoms with E-state index in [1.54, 1.807) is 7.11 Å². The third kappa shape index (κ3) is 2.63. The fourth-order valence-corrected chi connectivity index (χ4v) is 0.118. The van der Waals surface area contributed by atoms with Crippen LogP contribution in [0.3, 0.4) is 0 Å². The van der Waals surface area contributed by atoms with Gasteiger partial charge < -0.3 is 4.74 Å². The molecule has 0 aliphatic heterocycles. The molecule has 0 aromatic heterocycles. The second kappa shape index (κ2) is 2.31. The molecule has 0 aromatic rings. The van der Waals surface area contributed by atoms with Gasteiger partial charge in [-0.25, -0.2) is 0 Å². The molecule has 0 spiro atoms. The Morgan fingerprint density at radius 3 is 1.86 bits per heavy atom. The lowest BCUT2D eigenvalue weighted by Crippen LogP contribution is -2.20. The summed E-state index contributed by atoms with van der Waals surface area (Å²) < 4.78 is 5.03. The first-order chi connectivity index (χ1) is 3.12. The first-order valence-corrected chi connectivity index (χ1v) is 2.48. The molecule has 0 aliphatic rings. The molecule has 7 heavy (non-hydrogen) atoms. The highest BCUT2D eigenvalue weighted by atomic mass is 16.5. The van der Waals surface area contributed by atoms with Crippen LogP contribution in [-0.4, -0.2) is 12.7 Å². The zero-order chi connectivity index (χ0) is 5.91. The van der Waals surface area contributed by atoms with Crippen LogP contribution >= 0.6 is 0 Å². The average molecular weight is 101 g/mol. The lowest BCUT2D eigenvalue weighted by atomic mass is 10.1. The van der Waals surface area contributed by atoms with E-state index in [9.17, 15) is 0 Å². The zero-order valence-corrected chi connectivity index (χ0v) is 5.49. The molecule has 0 saturated heterocycles. The predicted molar refractivity (Wildman–Crippen MR) is 31.1 cm³/mol. The van der Waals surface area contributed by atoms with Gasteiger partial charge in [0.2, 0.25) is 0 Å². The predicted octanol–water partition coefficient (Wildman–Crippen LogP) is 1.64. The highest BCUT2D eigenvalue weighted by Gasteiger charge is 2.11. The van der Waals surface area contributed by atoms with Gasteiger partial charge in [0.25, 0.3) is 0 Å². The molecule has 0 atom stereocenters. The fraction of sp³-hybridized carbons (Fsp3) is 0.833. The van der Waals surface area contributed by atoms with E-state index in [1.165, 1.54) is 0 Å². The van der Waals surface area contributed by atoms with Gasteiger partial charge in [0, 0.05) is 7.11 Å². The summed E-state index contributed by atoms with van der Waals surface area (Å²) in [7, 11) is 1.71. The second-order valence-electron chi connectivity index (χ2n) is 2.10. The van der Waals surface area contributed by atoms with Crippen molar-refractivity contribution >= 4 is 0 Å². The van der Waals surface area contributed by atoms with Crippen LogP contribution in [-0.2, 0) is 4.74 Å². The summed E-state index contributed by atoms with van der Waals surface area (Å²) in [5, 5.41) is 0. The van der Waals surface area contributed by atoms with Gasteiger partial charge in [0.05, 0.1) is 5.60 Å². The van der Waals surface area contributed by atoms with Gasteiger partial charge in [-0.15, -0.1) is 0 Å². The Balaban J connectivity index is 3.36. The van der Waals surface area contributed by atoms with Crippen LogP contribution in [0.2, 0.25) is 0 Å². The smallest absolute Gasteiger partial charge is 0.0651 e. The van der Waals surface area contributed by atoms with Gasteiger partial charge in [-0.2, -0.15) is 0 Å². The van der Waals surface area contributed by atoms with Gasteiger partial charge in [0.1, 0.15) is 0 Å². The molecule has 0 rings (SSSR count). The van der Waals surface area contributed by atoms with Crippen LogP contribution in [0.5, 0.6) is 0 Å². The normalized spacial score (nSPS) is 12.0. The maximum Gasteiger partial charge on any atom is 0.0651 e. The molecule has 0 amide bonds. The Morgan fingerprint density at radius 2 is 1.86 bits per heavy atom. The highest BCUT2D eigenvalue weighted by molar-refractivity contribution is 4.80. The summed E-state index contributed by atoms with van der Waals surface area (Å²) in [5.41, 5.74) is -0.0417. The molecular formula is C6H13O. The topological polar surface area (TPSA) is 9.23 Å². The molecule has 1 heteroatoms. The lowest BCUT2D eigenvalue weighted by molar-refractivity contribution is 0.0517. The Hall–Kier alpha value is -0.0400. The number of methoxy groups -OCH3 is 1. The van der Waals surface area contributed by atoms with E-state index in [1.807, 2.05) is 27.2 Å². The molecular weight excluding hydrogens is 88.1 g/mol. The number of ether oxygens (including phenoxy) is 1. The third-order valence-electron chi connectivity index (χ3n) is 1.22. The standard InChI is InChI=1S/C6H13O/c1-5-6(2,3)7-4/h5H,1-4H3. The molecule has 0 saturated carbocycles. The van der Waals surface area contributed by atoms with Crippen molar-refractivity contribution in [1.29, 1.82) is 0 Å². The molecule has 43 valence electrons. The van der Waals surface area contributed by atoms with Gasteiger partial charge in [-0.05, 0) is 20.3 Å². The quantitative estimate of drug-likeness (QED) is 0.513. The summed E-state index contributed by atoms with van der Waals surface area (Å²) in [6.07, 6.45) is 2.02. The Bertz CT molecular complexity index is 42.1. The van der Waals surface area contributed by atoms with Crippen molar-refractivity contribution in [3.05, 3.63) is 6.42 Å². The SMILES string of the molecule is C[CH]C(C)(C)OC. The summed E-state index contributed by atoms with van der Waals surface area (Å²) in [5.74, 6) is 0. The molecule has 0 fully saturated rings. The van der Waals surface area contributed by atoms with Crippen molar-refractivity contribution in [1.82, 2.24) is 0 Å². The molecule has 1 radical (unpaired) electrons. The summed E-state index contributed by atoms with van der Waals surface area (Å²) >= 11 is 0. The minimum absolute atomic E-state index is 0.0417. The van der Waals surface area contributed by atoms with Gasteiger partial charge >= 0.3 is 0 Å². The molecule has 0 heterocycles. The van der Waals surface area contributed by atoms with Crippen molar-refractivity contribution in [2.24, 2.45) is 0 Å².